The molecule has 1 amide bonds. The van der Waals surface area contributed by atoms with Gasteiger partial charge in [-0.2, -0.15) is 0 Å². The summed E-state index contributed by atoms with van der Waals surface area (Å²) in [6.45, 7) is 10.2. The van der Waals surface area contributed by atoms with Crippen LogP contribution >= 0.6 is 0 Å². The second kappa shape index (κ2) is 10.8. The van der Waals surface area contributed by atoms with Gasteiger partial charge in [-0.25, -0.2) is 0 Å². The molecular weight excluding hydrogens is 412 g/mol. The monoisotopic (exact) mass is 450 g/mol. The van der Waals surface area contributed by atoms with Crippen molar-refractivity contribution in [3.8, 4) is 22.6 Å². The highest BCUT2D eigenvalue weighted by molar-refractivity contribution is 5.98. The number of benzene rings is 2. The van der Waals surface area contributed by atoms with Gasteiger partial charge < -0.3 is 20.1 Å². The second-order valence-electron chi connectivity index (χ2n) is 9.26. The predicted molar refractivity (Wildman–Crippen MR) is 137 cm³/mol. The first-order valence-electron chi connectivity index (χ1n) is 11.9. The molecule has 33 heavy (non-hydrogen) atoms. The Bertz CT molecular complexity index is 1020. The molecule has 178 valence electrons. The third-order valence-electron chi connectivity index (χ3n) is 6.38. The zero-order valence-corrected chi connectivity index (χ0v) is 21.1. The molecule has 0 aliphatic heterocycles. The van der Waals surface area contributed by atoms with E-state index in [-0.39, 0.29) is 11.9 Å². The number of anilines is 1. The van der Waals surface area contributed by atoms with Gasteiger partial charge in [0.25, 0.3) is 0 Å². The molecule has 0 atom stereocenters. The fraction of sp³-hybridized carbons (Fsp3) is 0.464. The van der Waals surface area contributed by atoms with Crippen LogP contribution in [0.5, 0.6) is 11.5 Å². The summed E-state index contributed by atoms with van der Waals surface area (Å²) in [6, 6.07) is 9.03. The van der Waals surface area contributed by atoms with E-state index in [9.17, 15) is 4.79 Å². The Balaban J connectivity index is 2.03. The largest absolute Gasteiger partial charge is 0.496 e. The Morgan fingerprint density at radius 2 is 1.61 bits per heavy atom. The van der Waals surface area contributed by atoms with Crippen LogP contribution in [0.4, 0.5) is 5.69 Å². The second-order valence-corrected chi connectivity index (χ2v) is 9.26. The highest BCUT2D eigenvalue weighted by atomic mass is 16.5. The van der Waals surface area contributed by atoms with E-state index in [0.717, 1.165) is 57.8 Å². The van der Waals surface area contributed by atoms with Crippen LogP contribution in [-0.4, -0.2) is 32.2 Å². The van der Waals surface area contributed by atoms with Gasteiger partial charge in [0.05, 0.1) is 14.2 Å². The maximum absolute atomic E-state index is 12.8. The smallest absolute Gasteiger partial charge is 0.247 e. The SMILES string of the molecule is COc1c(C)c(-c2ccc(NC(C)C)cc2)c(OC)c(C)c1C=C(C)C(=O)NC1CCCC1. The van der Waals surface area contributed by atoms with Crippen LogP contribution in [0.3, 0.4) is 0 Å². The van der Waals surface area contributed by atoms with E-state index in [1.165, 1.54) is 12.8 Å². The Hall–Kier alpha value is -2.95. The van der Waals surface area contributed by atoms with Crippen molar-refractivity contribution in [2.45, 2.75) is 72.4 Å². The summed E-state index contributed by atoms with van der Waals surface area (Å²) in [5.41, 5.74) is 6.64. The summed E-state index contributed by atoms with van der Waals surface area (Å²) in [5, 5.41) is 6.60. The van der Waals surface area contributed by atoms with Crippen LogP contribution in [0.15, 0.2) is 29.8 Å². The van der Waals surface area contributed by atoms with E-state index in [1.54, 1.807) is 14.2 Å². The Morgan fingerprint density at radius 3 is 2.15 bits per heavy atom. The molecule has 0 spiro atoms. The number of carbonyl (C=O) groups is 1. The topological polar surface area (TPSA) is 59.6 Å². The van der Waals surface area contributed by atoms with Gasteiger partial charge >= 0.3 is 0 Å². The molecule has 2 aromatic rings. The van der Waals surface area contributed by atoms with Gasteiger partial charge in [-0.15, -0.1) is 0 Å². The summed E-state index contributed by atoms with van der Waals surface area (Å²) < 4.78 is 11.8. The first-order chi connectivity index (χ1) is 15.8. The fourth-order valence-corrected chi connectivity index (χ4v) is 4.72. The van der Waals surface area contributed by atoms with E-state index < -0.39 is 0 Å². The molecular formula is C28H38N2O3. The number of hydrogen-bond donors (Lipinski definition) is 2. The van der Waals surface area contributed by atoms with Crippen molar-refractivity contribution in [1.82, 2.24) is 5.32 Å². The van der Waals surface area contributed by atoms with Crippen molar-refractivity contribution in [3.63, 3.8) is 0 Å². The number of nitrogens with one attached hydrogen (secondary N) is 2. The maximum Gasteiger partial charge on any atom is 0.247 e. The lowest BCUT2D eigenvalue weighted by atomic mass is 9.91. The molecule has 1 fully saturated rings. The average Bonchev–Trinajstić information content (AvgIpc) is 3.29. The molecule has 0 bridgehead atoms. The third kappa shape index (κ3) is 5.52. The number of ether oxygens (including phenoxy) is 2. The Labute approximate surface area is 198 Å². The molecule has 1 aliphatic carbocycles. The van der Waals surface area contributed by atoms with Crippen molar-refractivity contribution >= 4 is 17.7 Å². The van der Waals surface area contributed by atoms with E-state index in [0.29, 0.717) is 11.6 Å². The first-order valence-corrected chi connectivity index (χ1v) is 11.9. The van der Waals surface area contributed by atoms with Crippen molar-refractivity contribution in [2.75, 3.05) is 19.5 Å². The van der Waals surface area contributed by atoms with E-state index in [4.69, 9.17) is 9.47 Å². The number of methoxy groups -OCH3 is 2. The molecule has 0 heterocycles. The molecule has 0 saturated heterocycles. The molecule has 2 N–H and O–H groups in total. The molecule has 1 saturated carbocycles. The molecule has 5 heteroatoms. The number of amides is 1. The van der Waals surface area contributed by atoms with Crippen LogP contribution in [0.25, 0.3) is 17.2 Å². The Morgan fingerprint density at radius 1 is 1.00 bits per heavy atom. The maximum atomic E-state index is 12.8. The third-order valence-corrected chi connectivity index (χ3v) is 6.38. The van der Waals surface area contributed by atoms with Crippen molar-refractivity contribution in [3.05, 3.63) is 46.5 Å². The summed E-state index contributed by atoms with van der Waals surface area (Å²) >= 11 is 0. The van der Waals surface area contributed by atoms with Crippen LogP contribution in [0.1, 0.15) is 63.1 Å². The molecule has 0 unspecified atom stereocenters. The van der Waals surface area contributed by atoms with Crippen LogP contribution in [0.2, 0.25) is 0 Å². The lowest BCUT2D eigenvalue weighted by Crippen LogP contribution is -2.33. The fourth-order valence-electron chi connectivity index (χ4n) is 4.72. The number of hydrogen-bond acceptors (Lipinski definition) is 4. The van der Waals surface area contributed by atoms with E-state index in [1.807, 2.05) is 26.8 Å². The lowest BCUT2D eigenvalue weighted by molar-refractivity contribution is -0.118. The minimum atomic E-state index is -0.0164. The first kappa shape index (κ1) is 24.7. The minimum Gasteiger partial charge on any atom is -0.496 e. The Kier molecular flexibility index (Phi) is 8.06. The minimum absolute atomic E-state index is 0.0164. The van der Waals surface area contributed by atoms with Crippen LogP contribution in [0, 0.1) is 13.8 Å². The number of carbonyl (C=O) groups excluding carboxylic acids is 1. The zero-order valence-electron chi connectivity index (χ0n) is 21.1. The van der Waals surface area contributed by atoms with E-state index >= 15 is 0 Å². The number of rotatable bonds is 8. The van der Waals surface area contributed by atoms with Gasteiger partial charge in [-0.05, 0) is 71.2 Å². The van der Waals surface area contributed by atoms with Gasteiger partial charge in [0.1, 0.15) is 11.5 Å². The predicted octanol–water partition coefficient (Wildman–Crippen LogP) is 6.27. The normalized spacial score (nSPS) is 14.5. The van der Waals surface area contributed by atoms with Crippen LogP contribution < -0.4 is 20.1 Å². The quantitative estimate of drug-likeness (QED) is 0.465. The molecule has 2 aromatic carbocycles. The lowest BCUT2D eigenvalue weighted by Gasteiger charge is -2.22. The van der Waals surface area contributed by atoms with Crippen molar-refractivity contribution in [1.29, 1.82) is 0 Å². The highest BCUT2D eigenvalue weighted by Gasteiger charge is 2.23. The van der Waals surface area contributed by atoms with Gasteiger partial charge in [-0.1, -0.05) is 25.0 Å². The van der Waals surface area contributed by atoms with Gasteiger partial charge in [0, 0.05) is 45.6 Å². The van der Waals surface area contributed by atoms with E-state index in [2.05, 4.69) is 48.7 Å². The summed E-state index contributed by atoms with van der Waals surface area (Å²) in [7, 11) is 3.37. The molecule has 1 aliphatic rings. The molecule has 3 rings (SSSR count). The van der Waals surface area contributed by atoms with Crippen molar-refractivity contribution < 1.29 is 14.3 Å². The van der Waals surface area contributed by atoms with Gasteiger partial charge in [-0.3, -0.25) is 4.79 Å². The summed E-state index contributed by atoms with van der Waals surface area (Å²) in [6.07, 6.45) is 6.43. The van der Waals surface area contributed by atoms with Crippen molar-refractivity contribution in [2.24, 2.45) is 0 Å². The van der Waals surface area contributed by atoms with Crippen LogP contribution in [-0.2, 0) is 4.79 Å². The average molecular weight is 451 g/mol. The molecule has 0 radical (unpaired) electrons. The summed E-state index contributed by atoms with van der Waals surface area (Å²) in [5.74, 6) is 1.55. The molecule has 5 nitrogen and oxygen atoms in total. The van der Waals surface area contributed by atoms with Gasteiger partial charge in [0.15, 0.2) is 0 Å². The van der Waals surface area contributed by atoms with Gasteiger partial charge in [0.2, 0.25) is 5.91 Å². The molecule has 0 aromatic heterocycles. The zero-order chi connectivity index (χ0) is 24.1. The highest BCUT2D eigenvalue weighted by Crippen LogP contribution is 2.44. The standard InChI is InChI=1S/C28H38N2O3/c1-17(2)29-23-14-12-21(13-15-23)25-20(5)26(32-6)24(19(4)27(25)33-7)16-18(3)28(31)30-22-10-8-9-11-22/h12-17,22,29H,8-11H2,1-7H3,(H,30,31). The summed E-state index contributed by atoms with van der Waals surface area (Å²) in [4.78, 5) is 12.8.